The molecule has 8 rings (SSSR count). The van der Waals surface area contributed by atoms with Crippen LogP contribution >= 0.6 is 0 Å². The van der Waals surface area contributed by atoms with Crippen LogP contribution in [0.15, 0.2) is 42.5 Å². The molecule has 52 heavy (non-hydrogen) atoms. The quantitative estimate of drug-likeness (QED) is 0.104. The monoisotopic (exact) mass is 702 g/mol. The van der Waals surface area contributed by atoms with Crippen LogP contribution < -0.4 is 19.9 Å². The number of phenols is 2. The second kappa shape index (κ2) is 13.0. The molecule has 0 amide bonds. The molecule has 0 saturated heterocycles. The number of carbonyl (C=O) groups excluding carboxylic acids is 1. The number of pyridine rings is 1. The molecule has 0 radical (unpaired) electrons. The molecule has 4 aromatic rings. The van der Waals surface area contributed by atoms with Crippen molar-refractivity contribution in [2.75, 3.05) is 26.2 Å². The third-order valence-electron chi connectivity index (χ3n) is 11.4. The van der Waals surface area contributed by atoms with E-state index < -0.39 is 18.9 Å². The molecule has 4 bridgehead atoms. The highest BCUT2D eigenvalue weighted by molar-refractivity contribution is 5.84. The topological polar surface area (TPSA) is 154 Å². The van der Waals surface area contributed by atoms with Crippen molar-refractivity contribution in [1.29, 1.82) is 0 Å². The molecule has 2 aliphatic carbocycles. The molecule has 3 heterocycles. The molecular weight excluding hydrogens is 660 g/mol. The second-order valence-electron chi connectivity index (χ2n) is 14.5. The van der Waals surface area contributed by atoms with Crippen molar-refractivity contribution in [2.45, 2.75) is 76.2 Å². The molecule has 10 heteroatoms. The van der Waals surface area contributed by atoms with E-state index in [1.165, 1.54) is 14.0 Å². The van der Waals surface area contributed by atoms with Gasteiger partial charge in [0, 0.05) is 47.1 Å². The number of aromatic nitrogens is 1. The predicted octanol–water partition coefficient (Wildman–Crippen LogP) is 6.17. The smallest absolute Gasteiger partial charge is 0.302 e. The first-order valence-electron chi connectivity index (χ1n) is 17.9. The van der Waals surface area contributed by atoms with Crippen molar-refractivity contribution < 1.29 is 39.1 Å². The third-order valence-corrected chi connectivity index (χ3v) is 11.4. The first-order valence-corrected chi connectivity index (χ1v) is 17.9. The van der Waals surface area contributed by atoms with Crippen LogP contribution in [0.3, 0.4) is 0 Å². The number of benzene rings is 3. The number of nitrogens with zero attached hydrogens (tertiary/aromatic N) is 1. The Balaban J connectivity index is 1.40. The maximum atomic E-state index is 12.2. The SMILES string of the molecule is CCc1cc2c(nc1N)C#CCc1cc(O)c(OC)cc1[C@@H]1Oc3c(ccc4c3[C@]3(CC[C@H](C2)C3)Cc2cc(O)cc(OCO)c2-4)[C@@H]1COC(C)=O. The summed E-state index contributed by atoms with van der Waals surface area (Å²) in [4.78, 5) is 17.0. The number of anilines is 1. The van der Waals surface area contributed by atoms with Gasteiger partial charge in [-0.1, -0.05) is 25.0 Å². The van der Waals surface area contributed by atoms with Crippen molar-refractivity contribution in [3.05, 3.63) is 87.1 Å². The lowest BCUT2D eigenvalue weighted by Crippen LogP contribution is -2.31. The number of fused-ring (bicyclic) bond motifs is 7. The zero-order chi connectivity index (χ0) is 36.3. The summed E-state index contributed by atoms with van der Waals surface area (Å²) in [5.74, 6) is 8.14. The summed E-state index contributed by atoms with van der Waals surface area (Å²) < 4.78 is 24.2. The highest BCUT2D eigenvalue weighted by atomic mass is 16.6. The maximum Gasteiger partial charge on any atom is 0.302 e. The Hall–Kier alpha value is -5.40. The zero-order valence-electron chi connectivity index (χ0n) is 29.5. The van der Waals surface area contributed by atoms with Gasteiger partial charge in [0.1, 0.15) is 41.5 Å². The van der Waals surface area contributed by atoms with E-state index in [4.69, 9.17) is 29.7 Å². The Morgan fingerprint density at radius 2 is 1.94 bits per heavy atom. The molecule has 5 N–H and O–H groups in total. The van der Waals surface area contributed by atoms with Crippen molar-refractivity contribution in [1.82, 2.24) is 4.98 Å². The minimum absolute atomic E-state index is 0.0201. The largest absolute Gasteiger partial charge is 0.508 e. The summed E-state index contributed by atoms with van der Waals surface area (Å²) >= 11 is 0. The van der Waals surface area contributed by atoms with Gasteiger partial charge in [-0.15, -0.1) is 0 Å². The van der Waals surface area contributed by atoms with E-state index in [-0.39, 0.29) is 35.9 Å². The van der Waals surface area contributed by atoms with Crippen molar-refractivity contribution in [3.63, 3.8) is 0 Å². The van der Waals surface area contributed by atoms with Crippen LogP contribution in [0.25, 0.3) is 11.1 Å². The summed E-state index contributed by atoms with van der Waals surface area (Å²) in [5.41, 5.74) is 15.0. The molecule has 1 spiro atoms. The minimum atomic E-state index is -0.603. The summed E-state index contributed by atoms with van der Waals surface area (Å²) in [6.07, 6.45) is 4.52. The van der Waals surface area contributed by atoms with E-state index >= 15 is 0 Å². The van der Waals surface area contributed by atoms with E-state index in [1.54, 1.807) is 24.3 Å². The van der Waals surface area contributed by atoms with Gasteiger partial charge in [-0.05, 0) is 102 Å². The number of aromatic hydroxyl groups is 2. The van der Waals surface area contributed by atoms with E-state index in [0.717, 1.165) is 87.9 Å². The molecule has 10 nitrogen and oxygen atoms in total. The number of phenolic OH excluding ortho intramolecular Hbond substituents is 2. The van der Waals surface area contributed by atoms with Crippen LogP contribution in [0.4, 0.5) is 5.82 Å². The van der Waals surface area contributed by atoms with Crippen molar-refractivity contribution >= 4 is 11.8 Å². The highest BCUT2D eigenvalue weighted by Gasteiger charge is 2.51. The predicted molar refractivity (Wildman–Crippen MR) is 194 cm³/mol. The summed E-state index contributed by atoms with van der Waals surface area (Å²) in [7, 11) is 1.50. The number of hydrogen-bond donors (Lipinski definition) is 4. The third kappa shape index (κ3) is 5.55. The van der Waals surface area contributed by atoms with Gasteiger partial charge < -0.3 is 40.0 Å². The number of methoxy groups -OCH3 is 1. The van der Waals surface area contributed by atoms with Gasteiger partial charge in [0.25, 0.3) is 0 Å². The van der Waals surface area contributed by atoms with E-state index in [9.17, 15) is 20.1 Å². The lowest BCUT2D eigenvalue weighted by molar-refractivity contribution is -0.141. The number of aliphatic hydroxyl groups is 1. The van der Waals surface area contributed by atoms with E-state index in [0.29, 0.717) is 35.3 Å². The van der Waals surface area contributed by atoms with Gasteiger partial charge in [-0.2, -0.15) is 0 Å². The molecule has 3 aromatic carbocycles. The normalized spacial score (nSPS) is 22.0. The van der Waals surface area contributed by atoms with E-state index in [1.807, 2.05) is 6.07 Å². The summed E-state index contributed by atoms with van der Waals surface area (Å²) in [6.45, 7) is 3.00. The number of aliphatic hydroxyl groups excluding tert-OH is 1. The highest BCUT2D eigenvalue weighted by Crippen LogP contribution is 2.62. The fourth-order valence-electron chi connectivity index (χ4n) is 9.23. The number of nitrogens with two attached hydrogens (primary N) is 1. The van der Waals surface area contributed by atoms with Crippen molar-refractivity contribution in [2.24, 2.45) is 5.92 Å². The standard InChI is InChI=1S/C42H42N2O8/c1-4-24-13-26-12-23-10-11-42(18-23)19-27-14-28(47)16-36(51-21-45)37(27)30-9-8-29-32(20-50-22(2)46)39(52-40(29)38(30)42)31-17-35(49-3)34(48)15-25(31)6-5-7-33(26)44-41(24)43/h8-9,13-17,23,32,39,45,47-48H,4,6,10-12,18-21H2,1-3H3,(H2,43,44)/t23-,32+,39+,42+/m1/s1. The number of carbonyl (C=O) groups is 1. The molecule has 1 saturated carbocycles. The Kier molecular flexibility index (Phi) is 8.42. The molecule has 4 atom stereocenters. The Bertz CT molecular complexity index is 2190. The Morgan fingerprint density at radius 3 is 2.71 bits per heavy atom. The maximum absolute atomic E-state index is 12.2. The number of ether oxygens (including phenoxy) is 4. The average Bonchev–Trinajstić information content (AvgIpc) is 3.68. The lowest BCUT2D eigenvalue weighted by atomic mass is 9.65. The number of esters is 1. The van der Waals surface area contributed by atoms with Gasteiger partial charge in [0.2, 0.25) is 0 Å². The Morgan fingerprint density at radius 1 is 1.10 bits per heavy atom. The Labute approximate surface area is 302 Å². The fraction of sp³-hybridized carbons (Fsp3) is 0.381. The van der Waals surface area contributed by atoms with Crippen LogP contribution in [-0.4, -0.2) is 46.8 Å². The van der Waals surface area contributed by atoms with Gasteiger partial charge in [-0.3, -0.25) is 4.79 Å². The van der Waals surface area contributed by atoms with Gasteiger partial charge >= 0.3 is 5.97 Å². The molecule has 268 valence electrons. The van der Waals surface area contributed by atoms with Crippen LogP contribution in [-0.2, 0) is 40.6 Å². The molecular formula is C42H42N2O8. The summed E-state index contributed by atoms with van der Waals surface area (Å²) in [5, 5.41) is 31.6. The molecule has 1 fully saturated rings. The average molecular weight is 703 g/mol. The zero-order valence-corrected chi connectivity index (χ0v) is 29.5. The van der Waals surface area contributed by atoms with Crippen LogP contribution in [0.5, 0.6) is 28.7 Å². The molecule has 4 aliphatic rings. The number of nitrogen functional groups attached to an aromatic ring is 1. The molecule has 0 unspecified atom stereocenters. The number of hydrogen-bond acceptors (Lipinski definition) is 10. The first kappa shape index (κ1) is 33.7. The van der Waals surface area contributed by atoms with E-state index in [2.05, 4.69) is 30.9 Å². The minimum Gasteiger partial charge on any atom is -0.508 e. The van der Waals surface area contributed by atoms with Crippen molar-refractivity contribution in [3.8, 4) is 51.7 Å². The first-order chi connectivity index (χ1) is 25.1. The fourth-order valence-corrected chi connectivity index (χ4v) is 9.23. The van der Waals surface area contributed by atoms with Gasteiger partial charge in [0.05, 0.1) is 13.0 Å². The van der Waals surface area contributed by atoms with Crippen LogP contribution in [0, 0.1) is 17.8 Å². The second-order valence-corrected chi connectivity index (χ2v) is 14.5. The number of rotatable bonds is 6. The summed E-state index contributed by atoms with van der Waals surface area (Å²) in [6, 6.07) is 13.1. The lowest BCUT2D eigenvalue weighted by Gasteiger charge is -2.39. The van der Waals surface area contributed by atoms with Gasteiger partial charge in [-0.25, -0.2) is 4.98 Å². The van der Waals surface area contributed by atoms with Crippen LogP contribution in [0.2, 0.25) is 0 Å². The molecule has 2 aliphatic heterocycles. The van der Waals surface area contributed by atoms with Gasteiger partial charge in [0.15, 0.2) is 18.3 Å². The molecule has 1 aromatic heterocycles. The number of aryl methyl sites for hydroxylation is 1. The van der Waals surface area contributed by atoms with Crippen LogP contribution in [0.1, 0.15) is 89.8 Å².